The number of aromatic nitrogens is 3. The van der Waals surface area contributed by atoms with Crippen LogP contribution < -0.4 is 0 Å². The van der Waals surface area contributed by atoms with Crippen molar-refractivity contribution in [2.24, 2.45) is 0 Å². The monoisotopic (exact) mass is 819 g/mol. The van der Waals surface area contributed by atoms with Crippen molar-refractivity contribution in [3.05, 3.63) is 223 Å². The fraction of sp³-hybridized carbons (Fsp3) is 0.0500. The predicted octanol–water partition coefficient (Wildman–Crippen LogP) is 15.7. The zero-order valence-corrected chi connectivity index (χ0v) is 35.5. The number of hydrogen-bond acceptors (Lipinski definition) is 4. The summed E-state index contributed by atoms with van der Waals surface area (Å²) in [6, 6.07) is 75.0. The molecule has 0 saturated heterocycles. The molecule has 9 aromatic carbocycles. The van der Waals surface area contributed by atoms with Crippen LogP contribution in [0.15, 0.2) is 217 Å². The molecule has 0 bridgehead atoms. The highest BCUT2D eigenvalue weighted by Gasteiger charge is 2.36. The van der Waals surface area contributed by atoms with Crippen molar-refractivity contribution in [3.63, 3.8) is 0 Å². The summed E-state index contributed by atoms with van der Waals surface area (Å²) in [6.07, 6.45) is 0. The minimum atomic E-state index is -0.125. The van der Waals surface area contributed by atoms with Crippen LogP contribution in [0.3, 0.4) is 0 Å². The largest absolute Gasteiger partial charge is 0.456 e. The standard InChI is InChI=1S/C60H41N3O/c1-60(2)51-25-13-12-22-49(51)55-48(23-14-26-52(55)60)45-34-44(39-18-8-4-9-19-39)35-46(36-45)59-62-57(42-30-28-40(29-31-42)38-16-6-3-7-17-38)61-58(63-59)43-32-33-50-54(37-43)64-53-27-15-24-47(56(50)53)41-20-10-5-11-21-41/h3-37H,1-2H3. The summed E-state index contributed by atoms with van der Waals surface area (Å²) in [5, 5.41) is 2.14. The van der Waals surface area contributed by atoms with Crippen molar-refractivity contribution in [1.29, 1.82) is 0 Å². The maximum Gasteiger partial charge on any atom is 0.164 e. The SMILES string of the molecule is CC1(C)c2ccccc2-c2c(-c3cc(-c4ccccc4)cc(-c4nc(-c5ccc(-c6ccccc6)cc5)nc(-c5ccc6c(c5)oc5cccc(-c7ccccc7)c56)n4)c3)cccc21. The van der Waals surface area contributed by atoms with Crippen LogP contribution in [0, 0.1) is 0 Å². The first-order valence-corrected chi connectivity index (χ1v) is 21.8. The zero-order chi connectivity index (χ0) is 42.8. The van der Waals surface area contributed by atoms with Crippen molar-refractivity contribution in [1.82, 2.24) is 15.0 Å². The molecule has 2 heterocycles. The molecule has 64 heavy (non-hydrogen) atoms. The summed E-state index contributed by atoms with van der Waals surface area (Å²) in [7, 11) is 0. The van der Waals surface area contributed by atoms with Crippen molar-refractivity contribution in [2.75, 3.05) is 0 Å². The van der Waals surface area contributed by atoms with Gasteiger partial charge in [-0.3, -0.25) is 0 Å². The third-order valence-corrected chi connectivity index (χ3v) is 12.9. The Morgan fingerprint density at radius 3 is 1.56 bits per heavy atom. The van der Waals surface area contributed by atoms with Gasteiger partial charge in [0.05, 0.1) is 0 Å². The molecule has 0 spiro atoms. The van der Waals surface area contributed by atoms with Gasteiger partial charge in [-0.25, -0.2) is 15.0 Å². The number of furan rings is 1. The second kappa shape index (κ2) is 15.0. The van der Waals surface area contributed by atoms with E-state index in [1.165, 1.54) is 27.8 Å². The molecule has 0 N–H and O–H groups in total. The van der Waals surface area contributed by atoms with Gasteiger partial charge in [0.25, 0.3) is 0 Å². The highest BCUT2D eigenvalue weighted by molar-refractivity contribution is 6.13. The Kier molecular flexibility index (Phi) is 8.80. The lowest BCUT2D eigenvalue weighted by Crippen LogP contribution is -2.14. The maximum atomic E-state index is 6.60. The van der Waals surface area contributed by atoms with E-state index in [-0.39, 0.29) is 5.41 Å². The normalized spacial score (nSPS) is 12.7. The molecule has 11 aromatic rings. The van der Waals surface area contributed by atoms with Crippen LogP contribution in [0.2, 0.25) is 0 Å². The molecule has 4 nitrogen and oxygen atoms in total. The van der Waals surface area contributed by atoms with Crippen molar-refractivity contribution in [3.8, 4) is 89.8 Å². The number of benzene rings is 9. The predicted molar refractivity (Wildman–Crippen MR) is 263 cm³/mol. The van der Waals surface area contributed by atoms with Crippen LogP contribution in [0.25, 0.3) is 112 Å². The minimum absolute atomic E-state index is 0.125. The Bertz CT molecular complexity index is 3560. The van der Waals surface area contributed by atoms with Gasteiger partial charge in [-0.05, 0) is 103 Å². The second-order valence-corrected chi connectivity index (χ2v) is 17.2. The average Bonchev–Trinajstić information content (AvgIpc) is 3.86. The fourth-order valence-corrected chi connectivity index (χ4v) is 9.73. The summed E-state index contributed by atoms with van der Waals surface area (Å²) in [5.41, 5.74) is 18.5. The van der Waals surface area contributed by atoms with Crippen molar-refractivity contribution < 1.29 is 4.42 Å². The molecule has 1 aliphatic carbocycles. The van der Waals surface area contributed by atoms with Gasteiger partial charge in [0, 0.05) is 32.9 Å². The number of hydrogen-bond donors (Lipinski definition) is 0. The van der Waals surface area contributed by atoms with E-state index >= 15 is 0 Å². The summed E-state index contributed by atoms with van der Waals surface area (Å²) in [4.78, 5) is 15.8. The van der Waals surface area contributed by atoms with E-state index in [4.69, 9.17) is 19.4 Å². The summed E-state index contributed by atoms with van der Waals surface area (Å²) in [6.45, 7) is 4.66. The minimum Gasteiger partial charge on any atom is -0.456 e. The first kappa shape index (κ1) is 37.5. The van der Waals surface area contributed by atoms with Crippen LogP contribution in [-0.2, 0) is 5.41 Å². The molecule has 1 aliphatic rings. The molecule has 0 radical (unpaired) electrons. The topological polar surface area (TPSA) is 51.8 Å². The van der Waals surface area contributed by atoms with Crippen LogP contribution in [0.5, 0.6) is 0 Å². The van der Waals surface area contributed by atoms with Gasteiger partial charge in [-0.15, -0.1) is 0 Å². The van der Waals surface area contributed by atoms with Gasteiger partial charge in [0.1, 0.15) is 11.2 Å². The molecular formula is C60H41N3O. The van der Waals surface area contributed by atoms with E-state index in [0.29, 0.717) is 17.5 Å². The Morgan fingerprint density at radius 1 is 0.328 bits per heavy atom. The highest BCUT2D eigenvalue weighted by atomic mass is 16.3. The summed E-state index contributed by atoms with van der Waals surface area (Å²) < 4.78 is 6.60. The number of rotatable bonds is 7. The Balaban J connectivity index is 1.06. The second-order valence-electron chi connectivity index (χ2n) is 17.2. The van der Waals surface area contributed by atoms with Gasteiger partial charge in [-0.1, -0.05) is 190 Å². The maximum absolute atomic E-state index is 6.60. The van der Waals surface area contributed by atoms with Gasteiger partial charge in [0.15, 0.2) is 17.5 Å². The van der Waals surface area contributed by atoms with Gasteiger partial charge in [0.2, 0.25) is 0 Å². The number of nitrogens with zero attached hydrogens (tertiary/aromatic N) is 3. The quantitative estimate of drug-likeness (QED) is 0.161. The third-order valence-electron chi connectivity index (χ3n) is 12.9. The Labute approximate surface area is 372 Å². The molecule has 0 aliphatic heterocycles. The highest BCUT2D eigenvalue weighted by Crippen LogP contribution is 2.52. The van der Waals surface area contributed by atoms with E-state index in [1.54, 1.807) is 0 Å². The molecule has 4 heteroatoms. The Morgan fingerprint density at radius 2 is 0.828 bits per heavy atom. The molecule has 0 saturated carbocycles. The lowest BCUT2D eigenvalue weighted by atomic mass is 9.82. The van der Waals surface area contributed by atoms with E-state index in [0.717, 1.165) is 77.6 Å². The summed E-state index contributed by atoms with van der Waals surface area (Å²) >= 11 is 0. The zero-order valence-electron chi connectivity index (χ0n) is 35.5. The summed E-state index contributed by atoms with van der Waals surface area (Å²) in [5.74, 6) is 1.76. The van der Waals surface area contributed by atoms with Crippen molar-refractivity contribution in [2.45, 2.75) is 19.3 Å². The van der Waals surface area contributed by atoms with Crippen LogP contribution in [0.1, 0.15) is 25.0 Å². The molecule has 2 aromatic heterocycles. The van der Waals surface area contributed by atoms with E-state index < -0.39 is 0 Å². The first-order chi connectivity index (χ1) is 31.5. The molecule has 0 unspecified atom stereocenters. The molecule has 0 atom stereocenters. The average molecular weight is 820 g/mol. The first-order valence-electron chi connectivity index (χ1n) is 21.8. The van der Waals surface area contributed by atoms with Gasteiger partial charge >= 0.3 is 0 Å². The van der Waals surface area contributed by atoms with E-state index in [2.05, 4.69) is 208 Å². The Hall–Kier alpha value is -8.21. The van der Waals surface area contributed by atoms with Gasteiger partial charge < -0.3 is 4.42 Å². The van der Waals surface area contributed by atoms with Crippen LogP contribution in [0.4, 0.5) is 0 Å². The lowest BCUT2D eigenvalue weighted by Gasteiger charge is -2.21. The fourth-order valence-electron chi connectivity index (χ4n) is 9.73. The molecule has 0 fully saturated rings. The van der Waals surface area contributed by atoms with Crippen LogP contribution in [-0.4, -0.2) is 15.0 Å². The lowest BCUT2D eigenvalue weighted by molar-refractivity contribution is 0.660. The molecule has 12 rings (SSSR count). The van der Waals surface area contributed by atoms with Crippen LogP contribution >= 0.6 is 0 Å². The molecule has 0 amide bonds. The van der Waals surface area contributed by atoms with Gasteiger partial charge in [-0.2, -0.15) is 0 Å². The third kappa shape index (κ3) is 6.34. The smallest absolute Gasteiger partial charge is 0.164 e. The molecule has 302 valence electrons. The van der Waals surface area contributed by atoms with E-state index in [9.17, 15) is 0 Å². The number of fused-ring (bicyclic) bond motifs is 6. The molecular weight excluding hydrogens is 779 g/mol. The van der Waals surface area contributed by atoms with Crippen molar-refractivity contribution >= 4 is 21.9 Å². The van der Waals surface area contributed by atoms with E-state index in [1.807, 2.05) is 18.2 Å².